The molecule has 0 saturated heterocycles. The summed E-state index contributed by atoms with van der Waals surface area (Å²) in [5, 5.41) is 35.2. The molecule has 0 aliphatic rings. The molecule has 10 heteroatoms. The fraction of sp³-hybridized carbons (Fsp3) is 0.393. The molecule has 206 valence electrons. The summed E-state index contributed by atoms with van der Waals surface area (Å²) in [5.74, 6) is -3.82. The molecule has 0 bridgehead atoms. The van der Waals surface area contributed by atoms with Crippen LogP contribution >= 0.6 is 11.8 Å². The van der Waals surface area contributed by atoms with Crippen LogP contribution in [0.5, 0.6) is 0 Å². The molecule has 0 unspecified atom stereocenters. The van der Waals surface area contributed by atoms with Gasteiger partial charge in [-0.2, -0.15) is 0 Å². The Hall–Kier alpha value is -3.34. The summed E-state index contributed by atoms with van der Waals surface area (Å²) in [7, 11) is 4.30. The summed E-state index contributed by atoms with van der Waals surface area (Å²) >= 11 is 2.00. The maximum Gasteiger partial charge on any atom is 0.336 e. The van der Waals surface area contributed by atoms with Gasteiger partial charge in [0.2, 0.25) is 0 Å². The molecule has 1 aromatic heterocycles. The summed E-state index contributed by atoms with van der Waals surface area (Å²) in [4.78, 5) is 34.2. The highest BCUT2D eigenvalue weighted by Crippen LogP contribution is 2.32. The third kappa shape index (κ3) is 9.85. The van der Waals surface area contributed by atoms with E-state index in [-0.39, 0.29) is 0 Å². The van der Waals surface area contributed by atoms with E-state index in [1.807, 2.05) is 11.8 Å². The van der Waals surface area contributed by atoms with Gasteiger partial charge < -0.3 is 29.9 Å². The summed E-state index contributed by atoms with van der Waals surface area (Å²) < 4.78 is 2.31. The summed E-state index contributed by atoms with van der Waals surface area (Å²) in [6.45, 7) is 1.21. The van der Waals surface area contributed by atoms with Gasteiger partial charge in [-0.3, -0.25) is 9.59 Å². The monoisotopic (exact) mass is 544 g/mol. The lowest BCUT2D eigenvalue weighted by Crippen LogP contribution is -2.42. The van der Waals surface area contributed by atoms with Crippen molar-refractivity contribution >= 4 is 40.6 Å². The lowest BCUT2D eigenvalue weighted by molar-refractivity contribution is -0.170. The first-order valence-corrected chi connectivity index (χ1v) is 13.3. The number of para-hydroxylation sites is 2. The molecular weight excluding hydrogens is 508 g/mol. The number of aromatic nitrogens is 1. The second-order valence-electron chi connectivity index (χ2n) is 9.26. The van der Waals surface area contributed by atoms with Gasteiger partial charge in [0.25, 0.3) is 0 Å². The van der Waals surface area contributed by atoms with Crippen LogP contribution in [0.15, 0.2) is 65.7 Å². The van der Waals surface area contributed by atoms with Crippen molar-refractivity contribution in [2.24, 2.45) is 0 Å². The molecule has 38 heavy (non-hydrogen) atoms. The molecule has 0 saturated carbocycles. The van der Waals surface area contributed by atoms with Crippen molar-refractivity contribution < 1.29 is 34.8 Å². The Morgan fingerprint density at radius 3 is 2.00 bits per heavy atom. The van der Waals surface area contributed by atoms with Crippen molar-refractivity contribution in [1.29, 1.82) is 0 Å². The van der Waals surface area contributed by atoms with Crippen LogP contribution in [0.25, 0.3) is 16.6 Å². The van der Waals surface area contributed by atoms with Crippen molar-refractivity contribution in [3.63, 3.8) is 0 Å². The molecule has 0 atom stereocenters. The van der Waals surface area contributed by atoms with Gasteiger partial charge in [-0.25, -0.2) is 4.79 Å². The number of fused-ring (bicyclic) bond motifs is 1. The number of hydrogen-bond donors (Lipinski definition) is 4. The number of aliphatic carboxylic acids is 3. The summed E-state index contributed by atoms with van der Waals surface area (Å²) in [6, 6.07) is 19.3. The maximum absolute atomic E-state index is 10.3. The van der Waals surface area contributed by atoms with E-state index in [4.69, 9.17) is 20.4 Å². The van der Waals surface area contributed by atoms with Crippen molar-refractivity contribution in [1.82, 2.24) is 9.47 Å². The largest absolute Gasteiger partial charge is 0.481 e. The van der Waals surface area contributed by atoms with Gasteiger partial charge in [0, 0.05) is 22.2 Å². The van der Waals surface area contributed by atoms with Crippen LogP contribution in [-0.2, 0) is 14.4 Å². The zero-order valence-corrected chi connectivity index (χ0v) is 22.6. The minimum atomic E-state index is -2.74. The standard InChI is InChI=1S/C22H28N2S.C6H8O7/c1-23(2)16-10-3-4-11-17-25-22-18-24(19-12-6-5-7-13-19)21-15-9-8-14-20(21)22;7-3(8)1-6(13,5(11)12)2-4(9)10/h5-9,12-15,18H,3-4,10-11,16-17H2,1-2H3;13H,1-2H2,(H,7,8)(H,9,10)(H,11,12). The smallest absolute Gasteiger partial charge is 0.336 e. The number of carbonyl (C=O) groups is 3. The Kier molecular flexibility index (Phi) is 12.3. The predicted molar refractivity (Wildman–Crippen MR) is 148 cm³/mol. The van der Waals surface area contributed by atoms with Gasteiger partial charge in [-0.15, -0.1) is 11.8 Å². The van der Waals surface area contributed by atoms with Gasteiger partial charge in [0.1, 0.15) is 0 Å². The van der Waals surface area contributed by atoms with Crippen LogP contribution in [0.2, 0.25) is 0 Å². The third-order valence-corrected chi connectivity index (χ3v) is 6.88. The number of unbranched alkanes of at least 4 members (excludes halogenated alkanes) is 3. The van der Waals surface area contributed by atoms with Crippen LogP contribution < -0.4 is 0 Å². The minimum Gasteiger partial charge on any atom is -0.481 e. The predicted octanol–water partition coefficient (Wildman–Crippen LogP) is 4.60. The van der Waals surface area contributed by atoms with Crippen LogP contribution in [0.1, 0.15) is 38.5 Å². The molecule has 3 aromatic rings. The lowest BCUT2D eigenvalue weighted by Gasteiger charge is -2.18. The molecule has 0 aliphatic carbocycles. The Morgan fingerprint density at radius 2 is 1.42 bits per heavy atom. The Labute approximate surface area is 226 Å². The second-order valence-corrected chi connectivity index (χ2v) is 10.4. The normalized spacial score (nSPS) is 11.3. The lowest BCUT2D eigenvalue weighted by atomic mass is 9.96. The van der Waals surface area contributed by atoms with E-state index in [1.54, 1.807) is 0 Å². The minimum absolute atomic E-state index is 1.14. The quantitative estimate of drug-likeness (QED) is 0.169. The average Bonchev–Trinajstić information content (AvgIpc) is 3.22. The molecular formula is C28H36N2O7S. The van der Waals surface area contributed by atoms with Crippen LogP contribution in [0.4, 0.5) is 0 Å². The summed E-state index contributed by atoms with van der Waals surface area (Å²) in [6.07, 6.45) is 5.29. The topological polar surface area (TPSA) is 140 Å². The van der Waals surface area contributed by atoms with E-state index >= 15 is 0 Å². The van der Waals surface area contributed by atoms with Gasteiger partial charge in [-0.05, 0) is 57.4 Å². The molecule has 0 amide bonds. The fourth-order valence-corrected chi connectivity index (χ4v) is 4.92. The number of hydrogen-bond acceptors (Lipinski definition) is 6. The highest BCUT2D eigenvalue weighted by atomic mass is 32.2. The van der Waals surface area contributed by atoms with Crippen molar-refractivity contribution in [2.45, 2.75) is 49.0 Å². The number of carboxylic acids is 3. The second kappa shape index (κ2) is 15.2. The number of benzene rings is 2. The van der Waals surface area contributed by atoms with E-state index in [0.29, 0.717) is 0 Å². The van der Waals surface area contributed by atoms with E-state index in [2.05, 4.69) is 84.4 Å². The van der Waals surface area contributed by atoms with Crippen LogP contribution in [0.3, 0.4) is 0 Å². The van der Waals surface area contributed by atoms with Crippen molar-refractivity contribution in [3.05, 3.63) is 60.8 Å². The SMILES string of the molecule is CN(C)CCCCCCSc1cn(-c2ccccc2)c2ccccc12.O=C(O)CC(O)(CC(=O)O)C(=O)O. The Balaban J connectivity index is 0.000000332. The fourth-order valence-electron chi connectivity index (χ4n) is 3.85. The molecule has 1 heterocycles. The molecule has 4 N–H and O–H groups in total. The van der Waals surface area contributed by atoms with E-state index in [0.717, 1.165) is 0 Å². The van der Waals surface area contributed by atoms with Crippen molar-refractivity contribution in [2.75, 3.05) is 26.4 Å². The molecule has 0 spiro atoms. The van der Waals surface area contributed by atoms with Gasteiger partial charge in [0.05, 0.1) is 18.4 Å². The van der Waals surface area contributed by atoms with E-state index in [9.17, 15) is 14.4 Å². The first-order chi connectivity index (χ1) is 18.0. The number of carboxylic acid groups (broad SMARTS) is 3. The van der Waals surface area contributed by atoms with E-state index < -0.39 is 36.4 Å². The van der Waals surface area contributed by atoms with E-state index in [1.165, 1.54) is 59.5 Å². The Morgan fingerprint density at radius 1 is 0.842 bits per heavy atom. The van der Waals surface area contributed by atoms with Gasteiger partial charge >= 0.3 is 17.9 Å². The highest BCUT2D eigenvalue weighted by molar-refractivity contribution is 7.99. The number of nitrogens with zero attached hydrogens (tertiary/aromatic N) is 2. The van der Waals surface area contributed by atoms with Crippen molar-refractivity contribution in [3.8, 4) is 5.69 Å². The van der Waals surface area contributed by atoms with Gasteiger partial charge in [0.15, 0.2) is 5.60 Å². The number of thioether (sulfide) groups is 1. The molecule has 0 aliphatic heterocycles. The third-order valence-electron chi connectivity index (χ3n) is 5.75. The maximum atomic E-state index is 10.3. The number of rotatable bonds is 14. The van der Waals surface area contributed by atoms with Crippen LogP contribution in [-0.4, -0.2) is 79.8 Å². The average molecular weight is 545 g/mol. The van der Waals surface area contributed by atoms with Gasteiger partial charge in [-0.1, -0.05) is 49.2 Å². The van der Waals surface area contributed by atoms with Crippen LogP contribution in [0, 0.1) is 0 Å². The first kappa shape index (κ1) is 30.9. The first-order valence-electron chi connectivity index (χ1n) is 12.4. The zero-order chi connectivity index (χ0) is 28.1. The molecule has 9 nitrogen and oxygen atoms in total. The summed E-state index contributed by atoms with van der Waals surface area (Å²) in [5.41, 5.74) is -0.214. The molecule has 0 radical (unpaired) electrons. The Bertz CT molecular complexity index is 1180. The molecule has 3 rings (SSSR count). The zero-order valence-electron chi connectivity index (χ0n) is 21.7. The molecule has 2 aromatic carbocycles. The molecule has 0 fully saturated rings. The number of aliphatic hydroxyl groups is 1. The highest BCUT2D eigenvalue weighted by Gasteiger charge is 2.40.